The highest BCUT2D eigenvalue weighted by atomic mass is 16.6. The smallest absolute Gasteiger partial charge is 0.0701 e. The lowest BCUT2D eigenvalue weighted by Crippen LogP contribution is -2.16. The van der Waals surface area contributed by atoms with Crippen molar-refractivity contribution >= 4 is 0 Å². The highest BCUT2D eigenvalue weighted by Crippen LogP contribution is 2.03. The molecule has 1 fully saturated rings. The second-order valence-electron chi connectivity index (χ2n) is 3.39. The molecule has 3 heteroatoms. The predicted octanol–water partition coefficient (Wildman–Crippen LogP) is 1.20. The largest absolute Gasteiger partial charge is 0.390 e. The van der Waals surface area contributed by atoms with E-state index >= 15 is 0 Å². The topological polar surface area (TPSA) is 38.7 Å². The molecule has 0 amide bonds. The average molecular weight is 176 g/mol. The fraction of sp³-hybridized carbons (Fsp3) is 1.00. The molecule has 0 atom stereocenters. The Labute approximate surface area is 74.7 Å². The van der Waals surface area contributed by atoms with Crippen molar-refractivity contribution in [3.8, 4) is 0 Å². The number of ether oxygens (including phenoxy) is 2. The molecule has 1 aliphatic rings. The van der Waals surface area contributed by atoms with Gasteiger partial charge in [0.1, 0.15) is 0 Å². The highest BCUT2D eigenvalue weighted by Gasteiger charge is 2.05. The molecule has 3 nitrogen and oxygen atoms in total. The third-order valence-electron chi connectivity index (χ3n) is 1.61. The normalized spacial score (nSPS) is 18.0. The lowest BCUT2D eigenvalue weighted by Gasteiger charge is -2.11. The molecule has 0 spiro atoms. The number of hydrogen-bond donors (Lipinski definition) is 1. The number of aliphatic hydroxyl groups is 1. The molecule has 1 aliphatic heterocycles. The molecule has 74 valence electrons. The Morgan fingerprint density at radius 1 is 1.08 bits per heavy atom. The van der Waals surface area contributed by atoms with Gasteiger partial charge in [-0.1, -0.05) is 6.92 Å². The van der Waals surface area contributed by atoms with Gasteiger partial charge in [0.25, 0.3) is 0 Å². The lowest BCUT2D eigenvalue weighted by molar-refractivity contribution is -0.0334. The zero-order valence-electron chi connectivity index (χ0n) is 8.30. The molecule has 1 saturated heterocycles. The molecular formula is C9H20O3. The summed E-state index contributed by atoms with van der Waals surface area (Å²) in [6.07, 6.45) is 0.826. The van der Waals surface area contributed by atoms with Crippen molar-refractivity contribution in [2.45, 2.75) is 32.8 Å². The zero-order valence-corrected chi connectivity index (χ0v) is 8.30. The Morgan fingerprint density at radius 2 is 1.33 bits per heavy atom. The van der Waals surface area contributed by atoms with Gasteiger partial charge in [-0.2, -0.15) is 0 Å². The van der Waals surface area contributed by atoms with E-state index in [0.717, 1.165) is 32.8 Å². The van der Waals surface area contributed by atoms with Gasteiger partial charge in [0, 0.05) is 0 Å². The Balaban J connectivity index is 0.000000202. The average Bonchev–Trinajstić information content (AvgIpc) is 2.07. The fourth-order valence-electron chi connectivity index (χ4n) is 0.440. The molecule has 0 aromatic heterocycles. The van der Waals surface area contributed by atoms with E-state index in [0.29, 0.717) is 0 Å². The van der Waals surface area contributed by atoms with Crippen LogP contribution in [0.4, 0.5) is 0 Å². The van der Waals surface area contributed by atoms with Gasteiger partial charge in [0.05, 0.1) is 32.0 Å². The summed E-state index contributed by atoms with van der Waals surface area (Å²) in [5.74, 6) is 0. The van der Waals surface area contributed by atoms with E-state index in [1.165, 1.54) is 0 Å². The molecular weight excluding hydrogens is 156 g/mol. The van der Waals surface area contributed by atoms with E-state index in [9.17, 15) is 0 Å². The van der Waals surface area contributed by atoms with Gasteiger partial charge < -0.3 is 14.6 Å². The predicted molar refractivity (Wildman–Crippen MR) is 48.2 cm³/mol. The van der Waals surface area contributed by atoms with Crippen LogP contribution in [0.25, 0.3) is 0 Å². The van der Waals surface area contributed by atoms with Crippen LogP contribution in [-0.4, -0.2) is 37.1 Å². The van der Waals surface area contributed by atoms with E-state index in [2.05, 4.69) is 0 Å². The van der Waals surface area contributed by atoms with Gasteiger partial charge in [0.2, 0.25) is 0 Å². The van der Waals surface area contributed by atoms with Gasteiger partial charge in [-0.25, -0.2) is 0 Å². The second-order valence-corrected chi connectivity index (χ2v) is 3.39. The van der Waals surface area contributed by atoms with Gasteiger partial charge in [-0.3, -0.25) is 0 Å². The quantitative estimate of drug-likeness (QED) is 0.652. The van der Waals surface area contributed by atoms with Crippen LogP contribution in [0.1, 0.15) is 27.2 Å². The first-order chi connectivity index (χ1) is 5.56. The lowest BCUT2D eigenvalue weighted by atomic mass is 10.1. The van der Waals surface area contributed by atoms with E-state index in [1.54, 1.807) is 13.8 Å². The molecule has 0 unspecified atom stereocenters. The Hall–Kier alpha value is -0.120. The van der Waals surface area contributed by atoms with Crippen LogP contribution in [0.3, 0.4) is 0 Å². The summed E-state index contributed by atoms with van der Waals surface area (Å²) < 4.78 is 9.89. The van der Waals surface area contributed by atoms with E-state index in [-0.39, 0.29) is 0 Å². The summed E-state index contributed by atoms with van der Waals surface area (Å²) in [5.41, 5.74) is -0.458. The molecule has 0 aliphatic carbocycles. The third kappa shape index (κ3) is 9.88. The minimum Gasteiger partial charge on any atom is -0.390 e. The van der Waals surface area contributed by atoms with Crippen LogP contribution in [0.15, 0.2) is 0 Å². The van der Waals surface area contributed by atoms with Crippen LogP contribution in [0.2, 0.25) is 0 Å². The summed E-state index contributed by atoms with van der Waals surface area (Å²) in [6.45, 7) is 8.67. The van der Waals surface area contributed by atoms with Crippen LogP contribution in [0, 0.1) is 0 Å². The SMILES string of the molecule is C1COCCO1.CCC(C)(C)O. The van der Waals surface area contributed by atoms with Crippen LogP contribution in [-0.2, 0) is 9.47 Å². The Kier molecular flexibility index (Phi) is 6.34. The van der Waals surface area contributed by atoms with Gasteiger partial charge in [0.15, 0.2) is 0 Å². The van der Waals surface area contributed by atoms with E-state index < -0.39 is 5.60 Å². The Morgan fingerprint density at radius 3 is 1.42 bits per heavy atom. The van der Waals surface area contributed by atoms with E-state index in [1.807, 2.05) is 6.92 Å². The summed E-state index contributed by atoms with van der Waals surface area (Å²) in [4.78, 5) is 0. The molecule has 0 aromatic rings. The molecule has 1 rings (SSSR count). The Bertz CT molecular complexity index is 80.9. The number of rotatable bonds is 1. The first-order valence-electron chi connectivity index (χ1n) is 4.44. The molecule has 12 heavy (non-hydrogen) atoms. The van der Waals surface area contributed by atoms with Crippen molar-refractivity contribution in [1.82, 2.24) is 0 Å². The van der Waals surface area contributed by atoms with Gasteiger partial charge in [-0.15, -0.1) is 0 Å². The molecule has 0 saturated carbocycles. The first kappa shape index (κ1) is 11.9. The van der Waals surface area contributed by atoms with Crippen molar-refractivity contribution in [2.24, 2.45) is 0 Å². The second kappa shape index (κ2) is 6.40. The monoisotopic (exact) mass is 176 g/mol. The molecule has 0 radical (unpaired) electrons. The van der Waals surface area contributed by atoms with Gasteiger partial charge >= 0.3 is 0 Å². The molecule has 0 aromatic carbocycles. The van der Waals surface area contributed by atoms with Crippen LogP contribution >= 0.6 is 0 Å². The summed E-state index contributed by atoms with van der Waals surface area (Å²) in [6, 6.07) is 0. The maximum absolute atomic E-state index is 8.83. The maximum Gasteiger partial charge on any atom is 0.0701 e. The summed E-state index contributed by atoms with van der Waals surface area (Å²) in [5, 5.41) is 8.83. The molecule has 0 bridgehead atoms. The van der Waals surface area contributed by atoms with Crippen molar-refractivity contribution in [3.63, 3.8) is 0 Å². The summed E-state index contributed by atoms with van der Waals surface area (Å²) in [7, 11) is 0. The van der Waals surface area contributed by atoms with Crippen molar-refractivity contribution in [3.05, 3.63) is 0 Å². The molecule has 1 heterocycles. The summed E-state index contributed by atoms with van der Waals surface area (Å²) >= 11 is 0. The first-order valence-corrected chi connectivity index (χ1v) is 4.44. The van der Waals surface area contributed by atoms with Crippen molar-refractivity contribution < 1.29 is 14.6 Å². The minimum atomic E-state index is -0.458. The van der Waals surface area contributed by atoms with Gasteiger partial charge in [-0.05, 0) is 20.3 Å². The van der Waals surface area contributed by atoms with Crippen LogP contribution in [0.5, 0.6) is 0 Å². The van der Waals surface area contributed by atoms with E-state index in [4.69, 9.17) is 14.6 Å². The highest BCUT2D eigenvalue weighted by molar-refractivity contribution is 4.59. The third-order valence-corrected chi connectivity index (χ3v) is 1.61. The zero-order chi connectivity index (χ0) is 9.45. The molecule has 1 N–H and O–H groups in total. The maximum atomic E-state index is 8.83. The fourth-order valence-corrected chi connectivity index (χ4v) is 0.440. The van der Waals surface area contributed by atoms with Crippen molar-refractivity contribution in [2.75, 3.05) is 26.4 Å². The standard InChI is InChI=1S/C5H12O.C4H8O2/c1-4-5(2,3)6;1-2-6-4-3-5-1/h6H,4H2,1-3H3;1-4H2. The minimum absolute atomic E-state index is 0.458. The van der Waals surface area contributed by atoms with Crippen molar-refractivity contribution in [1.29, 1.82) is 0 Å². The van der Waals surface area contributed by atoms with Crippen LogP contribution < -0.4 is 0 Å². The number of hydrogen-bond acceptors (Lipinski definition) is 3.